The first-order valence-corrected chi connectivity index (χ1v) is 11.8. The van der Waals surface area contributed by atoms with Crippen LogP contribution in [0.2, 0.25) is 5.02 Å². The number of rotatable bonds is 8. The van der Waals surface area contributed by atoms with Crippen LogP contribution in [0.25, 0.3) is 0 Å². The first-order chi connectivity index (χ1) is 16.8. The summed E-state index contributed by atoms with van der Waals surface area (Å²) in [7, 11) is 3.10. The Morgan fingerprint density at radius 3 is 2.40 bits per heavy atom. The number of methoxy groups -OCH3 is 2. The third-order valence-electron chi connectivity index (χ3n) is 5.79. The van der Waals surface area contributed by atoms with Gasteiger partial charge in [0.1, 0.15) is 6.04 Å². The Morgan fingerprint density at radius 1 is 1.06 bits per heavy atom. The number of hydrogen-bond acceptors (Lipinski definition) is 5. The van der Waals surface area contributed by atoms with E-state index >= 15 is 0 Å². The van der Waals surface area contributed by atoms with E-state index in [-0.39, 0.29) is 23.9 Å². The predicted molar refractivity (Wildman–Crippen MR) is 134 cm³/mol. The second kappa shape index (κ2) is 12.3. The van der Waals surface area contributed by atoms with E-state index in [0.717, 1.165) is 5.56 Å². The Morgan fingerprint density at radius 2 is 1.77 bits per heavy atom. The summed E-state index contributed by atoms with van der Waals surface area (Å²) in [5, 5.41) is 9.15. The van der Waals surface area contributed by atoms with E-state index in [1.165, 1.54) is 6.92 Å². The van der Waals surface area contributed by atoms with Gasteiger partial charge < -0.3 is 30.3 Å². The highest BCUT2D eigenvalue weighted by Crippen LogP contribution is 2.28. The minimum absolute atomic E-state index is 0.0978. The van der Waals surface area contributed by atoms with Crippen LogP contribution >= 0.6 is 11.6 Å². The molecule has 0 bridgehead atoms. The maximum absolute atomic E-state index is 13.0. The van der Waals surface area contributed by atoms with Gasteiger partial charge in [-0.2, -0.15) is 0 Å². The number of nitrogens with one attached hydrogen (secondary N) is 3. The largest absolute Gasteiger partial charge is 0.493 e. The monoisotopic (exact) mass is 502 g/mol. The number of ether oxygens (including phenoxy) is 2. The number of nitrogens with zero attached hydrogens (tertiary/aromatic N) is 1. The number of piperidine rings is 1. The van der Waals surface area contributed by atoms with Gasteiger partial charge in [0.15, 0.2) is 11.5 Å². The van der Waals surface area contributed by atoms with Crippen LogP contribution in [0.15, 0.2) is 42.5 Å². The van der Waals surface area contributed by atoms with Crippen LogP contribution in [0.5, 0.6) is 11.5 Å². The number of hydrogen-bond donors (Lipinski definition) is 3. The predicted octanol–water partition coefficient (Wildman–Crippen LogP) is 3.22. The Kier molecular flexibility index (Phi) is 9.19. The van der Waals surface area contributed by atoms with Gasteiger partial charge >= 0.3 is 6.03 Å². The summed E-state index contributed by atoms with van der Waals surface area (Å²) in [5.74, 6) is 0.577. The van der Waals surface area contributed by atoms with Crippen molar-refractivity contribution in [2.24, 2.45) is 0 Å². The van der Waals surface area contributed by atoms with Crippen LogP contribution in [0.1, 0.15) is 25.3 Å². The van der Waals surface area contributed by atoms with Crippen molar-refractivity contribution in [1.82, 2.24) is 15.5 Å². The van der Waals surface area contributed by atoms with Crippen molar-refractivity contribution in [3.63, 3.8) is 0 Å². The van der Waals surface area contributed by atoms with E-state index in [1.807, 2.05) is 6.07 Å². The molecule has 1 saturated heterocycles. The van der Waals surface area contributed by atoms with Gasteiger partial charge in [0.2, 0.25) is 11.8 Å². The highest BCUT2D eigenvalue weighted by Gasteiger charge is 2.27. The van der Waals surface area contributed by atoms with Gasteiger partial charge in [0.05, 0.1) is 14.2 Å². The molecule has 1 aliphatic heterocycles. The molecule has 3 rings (SSSR count). The van der Waals surface area contributed by atoms with E-state index in [0.29, 0.717) is 54.6 Å². The van der Waals surface area contributed by atoms with Crippen LogP contribution in [-0.2, 0) is 16.0 Å². The number of urea groups is 1. The molecule has 1 aliphatic rings. The van der Waals surface area contributed by atoms with E-state index in [1.54, 1.807) is 55.5 Å². The second-order valence-corrected chi connectivity index (χ2v) is 8.79. The van der Waals surface area contributed by atoms with Gasteiger partial charge in [-0.3, -0.25) is 9.59 Å². The molecule has 1 heterocycles. The maximum Gasteiger partial charge on any atom is 0.321 e. The number of amides is 4. The third-order valence-corrected chi connectivity index (χ3v) is 6.02. The highest BCUT2D eigenvalue weighted by molar-refractivity contribution is 6.30. The molecule has 0 aliphatic carbocycles. The molecule has 188 valence electrons. The maximum atomic E-state index is 13.0. The Bertz CT molecular complexity index is 1060. The van der Waals surface area contributed by atoms with Gasteiger partial charge in [0.25, 0.3) is 0 Å². The summed E-state index contributed by atoms with van der Waals surface area (Å²) in [6.45, 7) is 2.38. The van der Waals surface area contributed by atoms with Crippen molar-refractivity contribution in [3.8, 4) is 11.5 Å². The quantitative estimate of drug-likeness (QED) is 0.513. The minimum atomic E-state index is -0.741. The van der Waals surface area contributed by atoms with Crippen molar-refractivity contribution in [3.05, 3.63) is 53.1 Å². The van der Waals surface area contributed by atoms with Crippen molar-refractivity contribution in [1.29, 1.82) is 0 Å². The first kappa shape index (κ1) is 26.2. The summed E-state index contributed by atoms with van der Waals surface area (Å²) in [5.41, 5.74) is 1.45. The molecule has 0 unspecified atom stereocenters. The second-order valence-electron chi connectivity index (χ2n) is 8.36. The smallest absolute Gasteiger partial charge is 0.321 e. The van der Waals surface area contributed by atoms with Crippen molar-refractivity contribution >= 4 is 35.1 Å². The van der Waals surface area contributed by atoms with Crippen LogP contribution in [0.4, 0.5) is 10.5 Å². The standard InChI is InChI=1S/C25H31ClN4O5/c1-16(31)27-21(13-17-7-8-22(34-2)23(14-17)35-3)24(32)28-19-9-11-30(12-10-19)25(33)29-20-6-4-5-18(26)15-20/h4-8,14-15,19,21H,9-13H2,1-3H3,(H,27,31)(H,28,32)(H,29,33)/t21-/m1/s1. The van der Waals surface area contributed by atoms with Crippen molar-refractivity contribution < 1.29 is 23.9 Å². The fourth-order valence-electron chi connectivity index (χ4n) is 4.00. The number of benzene rings is 2. The lowest BCUT2D eigenvalue weighted by Crippen LogP contribution is -2.53. The molecule has 2 aromatic carbocycles. The molecule has 0 saturated carbocycles. The summed E-state index contributed by atoms with van der Waals surface area (Å²) < 4.78 is 10.6. The topological polar surface area (TPSA) is 109 Å². The Balaban J connectivity index is 1.55. The lowest BCUT2D eigenvalue weighted by atomic mass is 10.0. The van der Waals surface area contributed by atoms with Crippen LogP contribution < -0.4 is 25.4 Å². The molecule has 3 N–H and O–H groups in total. The average molecular weight is 503 g/mol. The molecular formula is C25H31ClN4O5. The zero-order chi connectivity index (χ0) is 25.4. The van der Waals surface area contributed by atoms with E-state index in [2.05, 4.69) is 16.0 Å². The Labute approximate surface area is 210 Å². The number of halogens is 1. The molecule has 4 amide bonds. The summed E-state index contributed by atoms with van der Waals surface area (Å²) in [4.78, 5) is 39.1. The number of likely N-dealkylation sites (tertiary alicyclic amines) is 1. The number of anilines is 1. The van der Waals surface area contributed by atoms with Gasteiger partial charge in [-0.25, -0.2) is 4.79 Å². The molecule has 9 nitrogen and oxygen atoms in total. The highest BCUT2D eigenvalue weighted by atomic mass is 35.5. The van der Waals surface area contributed by atoms with Crippen molar-refractivity contribution in [2.45, 2.75) is 38.3 Å². The lowest BCUT2D eigenvalue weighted by molar-refractivity contribution is -0.128. The average Bonchev–Trinajstić information content (AvgIpc) is 2.83. The van der Waals surface area contributed by atoms with Crippen LogP contribution in [-0.4, -0.2) is 62.1 Å². The summed E-state index contributed by atoms with van der Waals surface area (Å²) in [6, 6.07) is 11.3. The summed E-state index contributed by atoms with van der Waals surface area (Å²) >= 11 is 5.98. The minimum Gasteiger partial charge on any atom is -0.493 e. The van der Waals surface area contributed by atoms with E-state index in [4.69, 9.17) is 21.1 Å². The van der Waals surface area contributed by atoms with E-state index in [9.17, 15) is 14.4 Å². The van der Waals surface area contributed by atoms with Crippen LogP contribution in [0.3, 0.4) is 0 Å². The molecule has 35 heavy (non-hydrogen) atoms. The molecule has 10 heteroatoms. The van der Waals surface area contributed by atoms with E-state index < -0.39 is 6.04 Å². The van der Waals surface area contributed by atoms with Gasteiger partial charge in [0, 0.05) is 43.2 Å². The van der Waals surface area contributed by atoms with Gasteiger partial charge in [-0.15, -0.1) is 0 Å². The molecular weight excluding hydrogens is 472 g/mol. The first-order valence-electron chi connectivity index (χ1n) is 11.4. The zero-order valence-electron chi connectivity index (χ0n) is 20.1. The van der Waals surface area contributed by atoms with Gasteiger partial charge in [-0.1, -0.05) is 23.7 Å². The molecule has 0 radical (unpaired) electrons. The fraction of sp³-hybridized carbons (Fsp3) is 0.400. The molecule has 2 aromatic rings. The number of carbonyl (C=O) groups excluding carboxylic acids is 3. The Hall–Kier alpha value is -3.46. The molecule has 0 aromatic heterocycles. The zero-order valence-corrected chi connectivity index (χ0v) is 20.9. The van der Waals surface area contributed by atoms with Crippen molar-refractivity contribution in [2.75, 3.05) is 32.6 Å². The third kappa shape index (κ3) is 7.51. The normalized spacial score (nSPS) is 14.6. The molecule has 1 fully saturated rings. The lowest BCUT2D eigenvalue weighted by Gasteiger charge is -2.33. The molecule has 1 atom stereocenters. The summed E-state index contributed by atoms with van der Waals surface area (Å²) in [6.07, 6.45) is 1.52. The van der Waals surface area contributed by atoms with Crippen LogP contribution in [0, 0.1) is 0 Å². The fourth-order valence-corrected chi connectivity index (χ4v) is 4.19. The molecule has 0 spiro atoms. The van der Waals surface area contributed by atoms with Gasteiger partial charge in [-0.05, 0) is 48.7 Å². The SMILES string of the molecule is COc1ccc(C[C@@H](NC(C)=O)C(=O)NC2CCN(C(=O)Nc3cccc(Cl)c3)CC2)cc1OC. The number of carbonyl (C=O) groups is 3.